The second-order valence-electron chi connectivity index (χ2n) is 11.5. The summed E-state index contributed by atoms with van der Waals surface area (Å²) in [6.07, 6.45) is 7.86. The molecule has 49 heavy (non-hydrogen) atoms. The van der Waals surface area contributed by atoms with E-state index in [1.54, 1.807) is 36.0 Å². The monoisotopic (exact) mass is 685 g/mol. The molecule has 0 saturated carbocycles. The van der Waals surface area contributed by atoms with Crippen molar-refractivity contribution in [3.8, 4) is 5.75 Å². The van der Waals surface area contributed by atoms with Crippen LogP contribution in [-0.4, -0.2) is 98.8 Å². The maximum atomic E-state index is 13.3. The molecule has 256 valence electrons. The largest absolute Gasteiger partial charge is 0.491 e. The molecule has 0 spiro atoms. The number of nitrogens with one attached hydrogen (secondary N) is 1. The molecule has 5 aromatic rings. The highest BCUT2D eigenvalue weighted by molar-refractivity contribution is 7.16. The van der Waals surface area contributed by atoms with Crippen molar-refractivity contribution in [3.05, 3.63) is 69.9 Å². The van der Waals surface area contributed by atoms with Crippen LogP contribution in [-0.2, 0) is 24.4 Å². The number of fused-ring (bicyclic) bond motifs is 2. The molecule has 0 bridgehead atoms. The van der Waals surface area contributed by atoms with Gasteiger partial charge in [-0.05, 0) is 44.5 Å². The topological polar surface area (TPSA) is 151 Å². The Morgan fingerprint density at radius 3 is 2.59 bits per heavy atom. The summed E-state index contributed by atoms with van der Waals surface area (Å²) in [7, 11) is 1.80. The summed E-state index contributed by atoms with van der Waals surface area (Å²) in [5.41, 5.74) is 4.13. The fourth-order valence-corrected chi connectivity index (χ4v) is 6.89. The second-order valence-corrected chi connectivity index (χ2v) is 12.5. The number of imidazole rings is 1. The molecule has 0 aliphatic carbocycles. The van der Waals surface area contributed by atoms with Crippen molar-refractivity contribution in [1.82, 2.24) is 33.8 Å². The number of thiazole rings is 1. The number of benzene rings is 1. The third-order valence-corrected chi connectivity index (χ3v) is 9.22. The predicted molar refractivity (Wildman–Crippen MR) is 187 cm³/mol. The van der Waals surface area contributed by atoms with Crippen molar-refractivity contribution in [2.75, 3.05) is 51.8 Å². The number of hydrogen-bond donors (Lipinski definition) is 1. The van der Waals surface area contributed by atoms with E-state index >= 15 is 0 Å². The Kier molecular flexibility index (Phi) is 10.7. The molecule has 4 aromatic heterocycles. The number of aryl methyl sites for hydroxylation is 2. The van der Waals surface area contributed by atoms with E-state index in [4.69, 9.17) is 14.5 Å². The van der Waals surface area contributed by atoms with Crippen molar-refractivity contribution >= 4 is 57.1 Å². The normalized spacial score (nSPS) is 14.3. The third-order valence-electron chi connectivity index (χ3n) is 8.21. The zero-order chi connectivity index (χ0) is 34.3. The Morgan fingerprint density at radius 2 is 1.86 bits per heavy atom. The van der Waals surface area contributed by atoms with Crippen LogP contribution in [0.2, 0.25) is 0 Å². The molecule has 0 radical (unpaired) electrons. The number of anilines is 1. The number of allylic oxidation sites excluding steroid dienone is 2. The van der Waals surface area contributed by atoms with Crippen molar-refractivity contribution in [2.24, 2.45) is 4.99 Å². The molecule has 6 rings (SSSR count). The minimum Gasteiger partial charge on any atom is -0.491 e. The summed E-state index contributed by atoms with van der Waals surface area (Å²) in [6.45, 7) is 9.85. The van der Waals surface area contributed by atoms with Crippen LogP contribution in [0.1, 0.15) is 50.2 Å². The molecule has 1 aliphatic heterocycles. The summed E-state index contributed by atoms with van der Waals surface area (Å²) < 4.78 is 18.0. The number of ether oxygens (including phenoxy) is 2. The summed E-state index contributed by atoms with van der Waals surface area (Å²) in [4.78, 5) is 53.1. The average Bonchev–Trinajstić information content (AvgIpc) is 3.80. The van der Waals surface area contributed by atoms with Crippen molar-refractivity contribution in [3.63, 3.8) is 0 Å². The van der Waals surface area contributed by atoms with Gasteiger partial charge in [-0.1, -0.05) is 23.5 Å². The minimum atomic E-state index is -0.405. The van der Waals surface area contributed by atoms with Gasteiger partial charge in [0, 0.05) is 63.6 Å². The van der Waals surface area contributed by atoms with Gasteiger partial charge in [-0.15, -0.1) is 0 Å². The lowest BCUT2D eigenvalue weighted by molar-refractivity contribution is 0.0358. The predicted octanol–water partition coefficient (Wildman–Crippen LogP) is 3.74. The van der Waals surface area contributed by atoms with Crippen LogP contribution in [0.25, 0.3) is 21.4 Å². The van der Waals surface area contributed by atoms with E-state index in [1.807, 2.05) is 35.1 Å². The molecule has 1 N–H and O–H groups in total. The van der Waals surface area contributed by atoms with Gasteiger partial charge in [-0.25, -0.2) is 9.97 Å². The van der Waals surface area contributed by atoms with Gasteiger partial charge in [0.05, 0.1) is 35.7 Å². The zero-order valence-corrected chi connectivity index (χ0v) is 28.6. The summed E-state index contributed by atoms with van der Waals surface area (Å²) in [5.74, 6) is 0.818. The first-order chi connectivity index (χ1) is 23.9. The van der Waals surface area contributed by atoms with E-state index in [0.717, 1.165) is 67.8 Å². The SMILES string of the molecule is CCn1nc(C)cc1C(=O)N=c1sc2cc(C=O)cnc2n1C/C=C/Cn1c(NC)nc2cc(C=O)cc(OCCCN3CCOCC3)c21. The van der Waals surface area contributed by atoms with E-state index in [1.165, 1.54) is 17.5 Å². The van der Waals surface area contributed by atoms with Crippen LogP contribution < -0.4 is 14.9 Å². The quantitative estimate of drug-likeness (QED) is 0.104. The summed E-state index contributed by atoms with van der Waals surface area (Å²) in [5, 5.41) is 7.54. The van der Waals surface area contributed by atoms with Crippen LogP contribution >= 0.6 is 11.3 Å². The molecule has 1 aliphatic rings. The first-order valence-electron chi connectivity index (χ1n) is 16.3. The van der Waals surface area contributed by atoms with Crippen LogP contribution in [0, 0.1) is 6.92 Å². The fraction of sp³-hybridized carbons (Fsp3) is 0.382. The number of nitrogens with zero attached hydrogens (tertiary/aromatic N) is 8. The van der Waals surface area contributed by atoms with Gasteiger partial charge in [0.25, 0.3) is 5.91 Å². The minimum absolute atomic E-state index is 0.368. The smallest absolute Gasteiger partial charge is 0.297 e. The molecule has 1 saturated heterocycles. The second kappa shape index (κ2) is 15.5. The zero-order valence-electron chi connectivity index (χ0n) is 27.8. The molecule has 1 amide bonds. The number of carbonyl (C=O) groups excluding carboxylic acids is 3. The number of hydrogen-bond acceptors (Lipinski definition) is 11. The van der Waals surface area contributed by atoms with E-state index in [9.17, 15) is 14.4 Å². The Morgan fingerprint density at radius 1 is 1.08 bits per heavy atom. The Balaban J connectivity index is 1.27. The summed E-state index contributed by atoms with van der Waals surface area (Å²) >= 11 is 1.30. The van der Waals surface area contributed by atoms with E-state index in [2.05, 4.69) is 25.3 Å². The number of aldehydes is 2. The first-order valence-corrected chi connectivity index (χ1v) is 17.1. The molecule has 14 nitrogen and oxygen atoms in total. The van der Waals surface area contributed by atoms with Crippen molar-refractivity contribution in [2.45, 2.75) is 39.9 Å². The van der Waals surface area contributed by atoms with E-state index in [0.29, 0.717) is 70.7 Å². The fourth-order valence-electron chi connectivity index (χ4n) is 5.84. The van der Waals surface area contributed by atoms with Gasteiger partial charge >= 0.3 is 0 Å². The molecular formula is C34H39N9O5S. The molecule has 15 heteroatoms. The molecule has 1 aromatic carbocycles. The van der Waals surface area contributed by atoms with Gasteiger partial charge < -0.3 is 19.4 Å². The summed E-state index contributed by atoms with van der Waals surface area (Å²) in [6, 6.07) is 6.99. The molecule has 0 unspecified atom stereocenters. The van der Waals surface area contributed by atoms with Gasteiger partial charge in [-0.3, -0.25) is 28.5 Å². The Hall–Kier alpha value is -4.99. The lowest BCUT2D eigenvalue weighted by Crippen LogP contribution is -2.37. The third kappa shape index (κ3) is 7.53. The van der Waals surface area contributed by atoms with Crippen LogP contribution in [0.5, 0.6) is 5.75 Å². The van der Waals surface area contributed by atoms with E-state index in [-0.39, 0.29) is 0 Å². The van der Waals surface area contributed by atoms with Crippen LogP contribution in [0.3, 0.4) is 0 Å². The first kappa shape index (κ1) is 33.9. The number of amides is 1. The molecular weight excluding hydrogens is 646 g/mol. The number of pyridine rings is 1. The maximum absolute atomic E-state index is 13.3. The van der Waals surface area contributed by atoms with Gasteiger partial charge in [-0.2, -0.15) is 10.1 Å². The van der Waals surface area contributed by atoms with E-state index < -0.39 is 5.91 Å². The lowest BCUT2D eigenvalue weighted by atomic mass is 10.2. The van der Waals surface area contributed by atoms with Gasteiger partial charge in [0.1, 0.15) is 23.2 Å². The standard InChI is InChI=1S/C34H39N9O5S/c1-4-43-27(16-23(2)39-43)32(46)38-34-42(31-29(49-34)19-25(22-45)20-36-31)10-6-5-9-41-30-26(37-33(41)35-3)17-24(21-44)18-28(30)48-13-7-8-40-11-14-47-15-12-40/h5-6,16-22H,4,7-15H2,1-3H3,(H,35,37)/b6-5+,38-34?. The molecule has 1 fully saturated rings. The number of rotatable bonds is 14. The highest BCUT2D eigenvalue weighted by Gasteiger charge is 2.18. The van der Waals surface area contributed by atoms with Gasteiger partial charge in [0.15, 0.2) is 16.7 Å². The van der Waals surface area contributed by atoms with Crippen molar-refractivity contribution < 1.29 is 23.9 Å². The van der Waals surface area contributed by atoms with Crippen LogP contribution in [0.4, 0.5) is 5.95 Å². The van der Waals surface area contributed by atoms with Gasteiger partial charge in [0.2, 0.25) is 5.95 Å². The maximum Gasteiger partial charge on any atom is 0.297 e. The Bertz CT molecular complexity index is 2080. The number of morpholine rings is 1. The van der Waals surface area contributed by atoms with Crippen molar-refractivity contribution in [1.29, 1.82) is 0 Å². The lowest BCUT2D eigenvalue weighted by Gasteiger charge is -2.26. The molecule has 5 heterocycles. The van der Waals surface area contributed by atoms with Crippen LogP contribution in [0.15, 0.2) is 47.6 Å². The Labute approximate surface area is 286 Å². The highest BCUT2D eigenvalue weighted by atomic mass is 32.1. The number of carbonyl (C=O) groups is 3. The average molecular weight is 686 g/mol. The number of aromatic nitrogens is 6. The highest BCUT2D eigenvalue weighted by Crippen LogP contribution is 2.30. The molecule has 0 atom stereocenters.